The fourth-order valence-electron chi connectivity index (χ4n) is 3.90. The van der Waals surface area contributed by atoms with Gasteiger partial charge in [-0.3, -0.25) is 0 Å². The van der Waals surface area contributed by atoms with E-state index in [2.05, 4.69) is 5.32 Å². The van der Waals surface area contributed by atoms with Crippen molar-refractivity contribution < 1.29 is 8.42 Å². The van der Waals surface area contributed by atoms with Crippen molar-refractivity contribution in [3.63, 3.8) is 0 Å². The molecule has 92 valence electrons. The lowest BCUT2D eigenvalue weighted by molar-refractivity contribution is 0.309. The molecule has 4 heteroatoms. The zero-order valence-electron chi connectivity index (χ0n) is 9.69. The van der Waals surface area contributed by atoms with Gasteiger partial charge >= 0.3 is 0 Å². The summed E-state index contributed by atoms with van der Waals surface area (Å²) in [5.74, 6) is 3.52. The van der Waals surface area contributed by atoms with Gasteiger partial charge in [-0.25, -0.2) is 8.42 Å². The van der Waals surface area contributed by atoms with Gasteiger partial charge in [0.15, 0.2) is 9.84 Å². The zero-order chi connectivity index (χ0) is 11.2. The maximum Gasteiger partial charge on any atom is 0.151 e. The Balaban J connectivity index is 1.47. The van der Waals surface area contributed by atoms with Crippen molar-refractivity contribution >= 4 is 9.84 Å². The Hall–Kier alpha value is -0.0900. The maximum atomic E-state index is 11.3. The van der Waals surface area contributed by atoms with Gasteiger partial charge in [-0.1, -0.05) is 6.42 Å². The summed E-state index contributed by atoms with van der Waals surface area (Å²) in [6.45, 7) is 1.06. The van der Waals surface area contributed by atoms with Crippen molar-refractivity contribution in [1.82, 2.24) is 5.32 Å². The van der Waals surface area contributed by atoms with Crippen LogP contribution in [-0.4, -0.2) is 32.5 Å². The topological polar surface area (TPSA) is 46.2 Å². The van der Waals surface area contributed by atoms with Crippen LogP contribution in [0.2, 0.25) is 0 Å². The van der Waals surface area contributed by atoms with E-state index >= 15 is 0 Å². The van der Waals surface area contributed by atoms with Gasteiger partial charge in [0.1, 0.15) is 0 Å². The smallest absolute Gasteiger partial charge is 0.151 e. The van der Waals surface area contributed by atoms with Crippen LogP contribution in [0.15, 0.2) is 0 Å². The van der Waals surface area contributed by atoms with E-state index in [0.717, 1.165) is 30.7 Å². The predicted molar refractivity (Wildman–Crippen MR) is 64.0 cm³/mol. The summed E-state index contributed by atoms with van der Waals surface area (Å²) in [6, 6.07) is 0.240. The molecular weight excluding hydrogens is 222 g/mol. The molecule has 3 nitrogen and oxygen atoms in total. The van der Waals surface area contributed by atoms with Crippen LogP contribution in [0.25, 0.3) is 0 Å². The quantitative estimate of drug-likeness (QED) is 0.810. The molecule has 0 aromatic heterocycles. The van der Waals surface area contributed by atoms with Crippen LogP contribution in [0.4, 0.5) is 0 Å². The Kier molecular flexibility index (Phi) is 2.75. The van der Waals surface area contributed by atoms with Crippen molar-refractivity contribution in [2.45, 2.75) is 38.1 Å². The molecule has 3 aliphatic rings. The second-order valence-corrected chi connectivity index (χ2v) is 8.17. The van der Waals surface area contributed by atoms with Crippen LogP contribution in [0, 0.1) is 17.8 Å². The maximum absolute atomic E-state index is 11.3. The van der Waals surface area contributed by atoms with Gasteiger partial charge in [0, 0.05) is 6.04 Å². The van der Waals surface area contributed by atoms with E-state index in [1.165, 1.54) is 25.7 Å². The van der Waals surface area contributed by atoms with Gasteiger partial charge in [0.05, 0.1) is 11.5 Å². The van der Waals surface area contributed by atoms with Gasteiger partial charge in [0.2, 0.25) is 0 Å². The highest BCUT2D eigenvalue weighted by molar-refractivity contribution is 7.91. The average molecular weight is 243 g/mol. The predicted octanol–water partition coefficient (Wildman–Crippen LogP) is 1.20. The lowest BCUT2D eigenvalue weighted by Crippen LogP contribution is -2.35. The molecule has 4 unspecified atom stereocenters. The summed E-state index contributed by atoms with van der Waals surface area (Å²) in [6.07, 6.45) is 6.51. The van der Waals surface area contributed by atoms with Gasteiger partial charge in [-0.2, -0.15) is 0 Å². The second kappa shape index (κ2) is 3.98. The summed E-state index contributed by atoms with van der Waals surface area (Å²) in [5, 5.41) is 3.48. The molecule has 2 saturated carbocycles. The summed E-state index contributed by atoms with van der Waals surface area (Å²) < 4.78 is 22.6. The molecule has 16 heavy (non-hydrogen) atoms. The Bertz CT molecular complexity index is 365. The van der Waals surface area contributed by atoms with E-state index in [1.54, 1.807) is 0 Å². The number of fused-ring (bicyclic) bond motifs is 2. The number of nitrogens with one attached hydrogen (secondary N) is 1. The van der Waals surface area contributed by atoms with E-state index in [9.17, 15) is 8.42 Å². The molecule has 4 atom stereocenters. The van der Waals surface area contributed by atoms with Gasteiger partial charge in [-0.15, -0.1) is 0 Å². The monoisotopic (exact) mass is 243 g/mol. The van der Waals surface area contributed by atoms with Crippen LogP contribution in [0.3, 0.4) is 0 Å². The summed E-state index contributed by atoms with van der Waals surface area (Å²) in [4.78, 5) is 0. The minimum absolute atomic E-state index is 0.240. The van der Waals surface area contributed by atoms with Gasteiger partial charge in [-0.05, 0) is 50.0 Å². The number of sulfone groups is 1. The van der Waals surface area contributed by atoms with E-state index < -0.39 is 9.84 Å². The Morgan fingerprint density at radius 1 is 1.12 bits per heavy atom. The van der Waals surface area contributed by atoms with E-state index in [0.29, 0.717) is 11.5 Å². The van der Waals surface area contributed by atoms with E-state index in [4.69, 9.17) is 0 Å². The van der Waals surface area contributed by atoms with Crippen molar-refractivity contribution in [3.05, 3.63) is 0 Å². The molecule has 0 spiro atoms. The Morgan fingerprint density at radius 2 is 2.00 bits per heavy atom. The fourth-order valence-corrected chi connectivity index (χ4v) is 5.61. The van der Waals surface area contributed by atoms with Crippen LogP contribution >= 0.6 is 0 Å². The lowest BCUT2D eigenvalue weighted by atomic mass is 9.88. The summed E-state index contributed by atoms with van der Waals surface area (Å²) in [5.41, 5.74) is 0. The molecular formula is C12H21NO2S. The first kappa shape index (κ1) is 11.0. The Morgan fingerprint density at radius 3 is 2.56 bits per heavy atom. The molecule has 3 rings (SSSR count). The first-order valence-electron chi connectivity index (χ1n) is 6.56. The SMILES string of the molecule is O=S1(=O)CCC(NCC2CC3CCC2C3)C1. The fraction of sp³-hybridized carbons (Fsp3) is 1.00. The number of hydrogen-bond donors (Lipinski definition) is 1. The number of hydrogen-bond acceptors (Lipinski definition) is 3. The van der Waals surface area contributed by atoms with Gasteiger partial charge < -0.3 is 5.32 Å². The minimum Gasteiger partial charge on any atom is -0.313 e. The van der Waals surface area contributed by atoms with Gasteiger partial charge in [0.25, 0.3) is 0 Å². The zero-order valence-corrected chi connectivity index (χ0v) is 10.5. The lowest BCUT2D eigenvalue weighted by Gasteiger charge is -2.23. The molecule has 1 aliphatic heterocycles. The average Bonchev–Trinajstić information content (AvgIpc) is 2.89. The second-order valence-electron chi connectivity index (χ2n) is 5.94. The van der Waals surface area contributed by atoms with Crippen LogP contribution < -0.4 is 5.32 Å². The first-order valence-corrected chi connectivity index (χ1v) is 8.38. The van der Waals surface area contributed by atoms with Crippen LogP contribution in [0.1, 0.15) is 32.1 Å². The molecule has 1 saturated heterocycles. The third kappa shape index (κ3) is 2.14. The third-order valence-corrected chi connectivity index (χ3v) is 6.55. The highest BCUT2D eigenvalue weighted by Crippen LogP contribution is 2.47. The molecule has 0 aromatic carbocycles. The van der Waals surface area contributed by atoms with E-state index in [-0.39, 0.29) is 6.04 Å². The number of rotatable bonds is 3. The molecule has 2 bridgehead atoms. The van der Waals surface area contributed by atoms with E-state index in [1.807, 2.05) is 0 Å². The Labute approximate surface area is 97.9 Å². The summed E-state index contributed by atoms with van der Waals surface area (Å²) in [7, 11) is -2.71. The molecule has 1 N–H and O–H groups in total. The third-order valence-electron chi connectivity index (χ3n) is 4.79. The standard InChI is InChI=1S/C12H21NO2S/c14-16(15)4-3-12(8-16)13-7-11-6-9-1-2-10(11)5-9/h9-13H,1-8H2. The molecule has 1 heterocycles. The largest absolute Gasteiger partial charge is 0.313 e. The first-order chi connectivity index (χ1) is 7.62. The highest BCUT2D eigenvalue weighted by atomic mass is 32.2. The van der Waals surface area contributed by atoms with Crippen molar-refractivity contribution in [2.75, 3.05) is 18.1 Å². The summed E-state index contributed by atoms with van der Waals surface area (Å²) >= 11 is 0. The van der Waals surface area contributed by atoms with Crippen LogP contribution in [0.5, 0.6) is 0 Å². The van der Waals surface area contributed by atoms with Crippen molar-refractivity contribution in [1.29, 1.82) is 0 Å². The molecule has 0 radical (unpaired) electrons. The normalized spacial score (nSPS) is 45.2. The molecule has 0 amide bonds. The molecule has 2 aliphatic carbocycles. The van der Waals surface area contributed by atoms with Crippen molar-refractivity contribution in [2.24, 2.45) is 17.8 Å². The molecule has 3 fully saturated rings. The van der Waals surface area contributed by atoms with Crippen molar-refractivity contribution in [3.8, 4) is 0 Å². The molecule has 0 aromatic rings. The van der Waals surface area contributed by atoms with Crippen LogP contribution in [-0.2, 0) is 9.84 Å². The minimum atomic E-state index is -2.71. The highest BCUT2D eigenvalue weighted by Gasteiger charge is 2.39.